The molecule has 0 aliphatic carbocycles. The number of carbonyl (C=O) groups is 1. The van der Waals surface area contributed by atoms with Crippen LogP contribution in [0.25, 0.3) is 0 Å². The lowest BCUT2D eigenvalue weighted by molar-refractivity contribution is -0.119. The van der Waals surface area contributed by atoms with Gasteiger partial charge in [-0.2, -0.15) is 5.10 Å². The summed E-state index contributed by atoms with van der Waals surface area (Å²) in [7, 11) is 3.22. The predicted octanol–water partition coefficient (Wildman–Crippen LogP) is 3.32. The van der Waals surface area contributed by atoms with Crippen molar-refractivity contribution in [3.63, 3.8) is 0 Å². The molecule has 1 N–H and O–H groups in total. The first kappa shape index (κ1) is 17.8. The van der Waals surface area contributed by atoms with Crippen LogP contribution >= 0.6 is 0 Å². The smallest absolute Gasteiger partial charge is 0.228 e. The third-order valence-corrected chi connectivity index (χ3v) is 3.94. The highest BCUT2D eigenvalue weighted by Gasteiger charge is 2.16. The number of benzene rings is 1. The highest BCUT2D eigenvalue weighted by atomic mass is 16.5. The predicted molar refractivity (Wildman–Crippen MR) is 93.6 cm³/mol. The van der Waals surface area contributed by atoms with Crippen molar-refractivity contribution in [2.75, 3.05) is 19.5 Å². The van der Waals surface area contributed by atoms with Crippen molar-refractivity contribution in [2.45, 2.75) is 33.2 Å². The van der Waals surface area contributed by atoms with Crippen LogP contribution in [0.2, 0.25) is 0 Å². The first-order valence-corrected chi connectivity index (χ1v) is 8.13. The summed E-state index contributed by atoms with van der Waals surface area (Å²) in [5, 5.41) is 7.26. The molecule has 0 saturated heterocycles. The fourth-order valence-electron chi connectivity index (χ4n) is 2.62. The summed E-state index contributed by atoms with van der Waals surface area (Å²) in [5.41, 5.74) is 0.928. The summed E-state index contributed by atoms with van der Waals surface area (Å²) < 4.78 is 12.5. The third kappa shape index (κ3) is 4.07. The van der Waals surface area contributed by atoms with E-state index in [0.717, 1.165) is 18.4 Å². The normalized spacial score (nSPS) is 11.8. The Hall–Kier alpha value is -2.50. The molecule has 130 valence electrons. The maximum atomic E-state index is 12.2. The van der Waals surface area contributed by atoms with E-state index in [4.69, 9.17) is 9.47 Å². The van der Waals surface area contributed by atoms with Gasteiger partial charge in [0.15, 0.2) is 11.5 Å². The number of methoxy groups -OCH3 is 2. The minimum Gasteiger partial charge on any atom is -0.493 e. The van der Waals surface area contributed by atoms with Crippen LogP contribution in [-0.4, -0.2) is 29.9 Å². The largest absolute Gasteiger partial charge is 0.493 e. The van der Waals surface area contributed by atoms with Gasteiger partial charge in [-0.25, -0.2) is 4.68 Å². The second-order valence-electron chi connectivity index (χ2n) is 5.71. The van der Waals surface area contributed by atoms with Crippen LogP contribution in [0.3, 0.4) is 0 Å². The molecule has 1 aromatic carbocycles. The standard InChI is InChI=1S/C18H25N3O3/c1-5-7-13(2)18(22)20-16-10-11-19-21(16)12-14-8-6-9-15(23-3)17(14)24-4/h6,8-11,13H,5,7,12H2,1-4H3,(H,20,22). The number of nitrogens with zero attached hydrogens (tertiary/aromatic N) is 2. The van der Waals surface area contributed by atoms with Gasteiger partial charge in [0.05, 0.1) is 27.0 Å². The summed E-state index contributed by atoms with van der Waals surface area (Å²) in [6.45, 7) is 4.48. The van der Waals surface area contributed by atoms with Crippen molar-refractivity contribution in [3.8, 4) is 11.5 Å². The van der Waals surface area contributed by atoms with Crippen molar-refractivity contribution in [1.29, 1.82) is 0 Å². The highest BCUT2D eigenvalue weighted by molar-refractivity contribution is 5.91. The van der Waals surface area contributed by atoms with Crippen molar-refractivity contribution in [3.05, 3.63) is 36.0 Å². The zero-order valence-electron chi connectivity index (χ0n) is 14.7. The van der Waals surface area contributed by atoms with Gasteiger partial charge in [0.25, 0.3) is 0 Å². The van der Waals surface area contributed by atoms with Gasteiger partial charge in [-0.15, -0.1) is 0 Å². The fourth-order valence-corrected chi connectivity index (χ4v) is 2.62. The van der Waals surface area contributed by atoms with Crippen molar-refractivity contribution in [1.82, 2.24) is 9.78 Å². The Kier molecular flexibility index (Phi) is 6.23. The van der Waals surface area contributed by atoms with Gasteiger partial charge >= 0.3 is 0 Å². The maximum Gasteiger partial charge on any atom is 0.228 e. The summed E-state index contributed by atoms with van der Waals surface area (Å²) >= 11 is 0. The number of amides is 1. The van der Waals surface area contributed by atoms with Crippen LogP contribution in [0.15, 0.2) is 30.5 Å². The van der Waals surface area contributed by atoms with Crippen LogP contribution in [0, 0.1) is 5.92 Å². The van der Waals surface area contributed by atoms with E-state index >= 15 is 0 Å². The molecule has 6 nitrogen and oxygen atoms in total. The van der Waals surface area contributed by atoms with Gasteiger partial charge in [-0.3, -0.25) is 4.79 Å². The maximum absolute atomic E-state index is 12.2. The van der Waals surface area contributed by atoms with Gasteiger partial charge in [0, 0.05) is 17.5 Å². The molecule has 1 unspecified atom stereocenters. The van der Waals surface area contributed by atoms with Gasteiger partial charge in [-0.1, -0.05) is 32.4 Å². The van der Waals surface area contributed by atoms with E-state index in [1.807, 2.05) is 25.1 Å². The average molecular weight is 331 g/mol. The zero-order chi connectivity index (χ0) is 17.5. The molecule has 0 bridgehead atoms. The van der Waals surface area contributed by atoms with Gasteiger partial charge in [0.2, 0.25) is 5.91 Å². The van der Waals surface area contributed by atoms with E-state index in [-0.39, 0.29) is 11.8 Å². The fraction of sp³-hybridized carbons (Fsp3) is 0.444. The molecule has 1 heterocycles. The topological polar surface area (TPSA) is 65.4 Å². The third-order valence-electron chi connectivity index (χ3n) is 3.94. The van der Waals surface area contributed by atoms with Crippen molar-refractivity contribution >= 4 is 11.7 Å². The molecule has 0 aliphatic heterocycles. The summed E-state index contributed by atoms with van der Waals surface area (Å²) in [5.74, 6) is 2.00. The van der Waals surface area contributed by atoms with Crippen LogP contribution in [0.4, 0.5) is 5.82 Å². The lowest BCUT2D eigenvalue weighted by atomic mass is 10.1. The molecule has 0 fully saturated rings. The SMILES string of the molecule is CCCC(C)C(=O)Nc1ccnn1Cc1cccc(OC)c1OC. The van der Waals surface area contributed by atoms with Gasteiger partial charge in [0.1, 0.15) is 5.82 Å². The lowest BCUT2D eigenvalue weighted by Crippen LogP contribution is -2.22. The Bertz CT molecular complexity index is 682. The molecule has 0 saturated carbocycles. The molecule has 24 heavy (non-hydrogen) atoms. The molecule has 1 aromatic heterocycles. The highest BCUT2D eigenvalue weighted by Crippen LogP contribution is 2.31. The van der Waals surface area contributed by atoms with Gasteiger partial charge in [-0.05, 0) is 12.5 Å². The van der Waals surface area contributed by atoms with Crippen LogP contribution < -0.4 is 14.8 Å². The van der Waals surface area contributed by atoms with Crippen LogP contribution in [-0.2, 0) is 11.3 Å². The number of carbonyl (C=O) groups excluding carboxylic acids is 1. The summed E-state index contributed by atoms with van der Waals surface area (Å²) in [6.07, 6.45) is 3.52. The molecule has 1 amide bonds. The first-order chi connectivity index (χ1) is 11.6. The van der Waals surface area contributed by atoms with E-state index in [1.54, 1.807) is 31.2 Å². The monoisotopic (exact) mass is 331 g/mol. The Labute approximate surface area is 142 Å². The molecular formula is C18H25N3O3. The molecule has 0 aliphatic rings. The summed E-state index contributed by atoms with van der Waals surface area (Å²) in [4.78, 5) is 12.2. The molecule has 0 radical (unpaired) electrons. The molecular weight excluding hydrogens is 306 g/mol. The van der Waals surface area contributed by atoms with Crippen LogP contribution in [0.5, 0.6) is 11.5 Å². The Balaban J connectivity index is 2.18. The molecule has 1 atom stereocenters. The van der Waals surface area contributed by atoms with Crippen LogP contribution in [0.1, 0.15) is 32.3 Å². The number of anilines is 1. The summed E-state index contributed by atoms with van der Waals surface area (Å²) in [6, 6.07) is 7.50. The number of aromatic nitrogens is 2. The number of hydrogen-bond donors (Lipinski definition) is 1. The quantitative estimate of drug-likeness (QED) is 0.806. The Morgan fingerprint density at radius 2 is 2.08 bits per heavy atom. The zero-order valence-corrected chi connectivity index (χ0v) is 14.7. The second kappa shape index (κ2) is 8.38. The second-order valence-corrected chi connectivity index (χ2v) is 5.71. The number of para-hydroxylation sites is 1. The average Bonchev–Trinajstić information content (AvgIpc) is 3.01. The Morgan fingerprint density at radius 3 is 2.75 bits per heavy atom. The lowest BCUT2D eigenvalue weighted by Gasteiger charge is -2.15. The van der Waals surface area contributed by atoms with E-state index in [9.17, 15) is 4.79 Å². The Morgan fingerprint density at radius 1 is 1.29 bits per heavy atom. The van der Waals surface area contributed by atoms with Crippen molar-refractivity contribution < 1.29 is 14.3 Å². The molecule has 2 aromatic rings. The minimum atomic E-state index is -0.0234. The van der Waals surface area contributed by atoms with Crippen molar-refractivity contribution in [2.24, 2.45) is 5.92 Å². The van der Waals surface area contributed by atoms with E-state index in [1.165, 1.54) is 0 Å². The molecule has 6 heteroatoms. The molecule has 0 spiro atoms. The minimum absolute atomic E-state index is 0.0104. The van der Waals surface area contributed by atoms with E-state index in [0.29, 0.717) is 23.9 Å². The number of rotatable bonds is 8. The molecule has 2 rings (SSSR count). The van der Waals surface area contributed by atoms with E-state index in [2.05, 4.69) is 17.3 Å². The number of ether oxygens (including phenoxy) is 2. The first-order valence-electron chi connectivity index (χ1n) is 8.13. The van der Waals surface area contributed by atoms with Gasteiger partial charge < -0.3 is 14.8 Å². The number of hydrogen-bond acceptors (Lipinski definition) is 4. The van der Waals surface area contributed by atoms with E-state index < -0.39 is 0 Å². The number of nitrogens with one attached hydrogen (secondary N) is 1.